The van der Waals surface area contributed by atoms with Crippen LogP contribution in [0.15, 0.2) is 18.2 Å². The monoisotopic (exact) mass is 300 g/mol. The summed E-state index contributed by atoms with van der Waals surface area (Å²) in [7, 11) is 3.33. The third-order valence-electron chi connectivity index (χ3n) is 3.91. The number of hydrogen-bond acceptors (Lipinski definition) is 4. The summed E-state index contributed by atoms with van der Waals surface area (Å²) >= 11 is 0. The van der Waals surface area contributed by atoms with Gasteiger partial charge < -0.3 is 15.2 Å². The lowest BCUT2D eigenvalue weighted by Crippen LogP contribution is -2.45. The van der Waals surface area contributed by atoms with E-state index in [9.17, 15) is 0 Å². The van der Waals surface area contributed by atoms with Gasteiger partial charge in [-0.05, 0) is 36.6 Å². The largest absolute Gasteiger partial charge is 0.493 e. The fourth-order valence-corrected chi connectivity index (χ4v) is 2.63. The van der Waals surface area contributed by atoms with Gasteiger partial charge in [-0.15, -0.1) is 12.4 Å². The number of likely N-dealkylation sites (tertiary alicyclic amines) is 1. The first-order chi connectivity index (χ1) is 9.13. The number of piperidine rings is 1. The highest BCUT2D eigenvalue weighted by atomic mass is 35.5. The summed E-state index contributed by atoms with van der Waals surface area (Å²) in [5, 5.41) is 0. The van der Waals surface area contributed by atoms with Crippen molar-refractivity contribution in [2.45, 2.75) is 25.9 Å². The second-order valence-corrected chi connectivity index (χ2v) is 5.35. The van der Waals surface area contributed by atoms with Gasteiger partial charge in [-0.25, -0.2) is 0 Å². The maximum atomic E-state index is 6.05. The predicted molar refractivity (Wildman–Crippen MR) is 83.8 cm³/mol. The van der Waals surface area contributed by atoms with Crippen molar-refractivity contribution in [3.63, 3.8) is 0 Å². The number of hydrogen-bond donors (Lipinski definition) is 1. The molecule has 0 radical (unpaired) electrons. The molecule has 1 aromatic carbocycles. The van der Waals surface area contributed by atoms with Crippen LogP contribution >= 0.6 is 12.4 Å². The molecule has 0 aliphatic carbocycles. The Hall–Kier alpha value is -0.970. The summed E-state index contributed by atoms with van der Waals surface area (Å²) in [4.78, 5) is 2.45. The van der Waals surface area contributed by atoms with Gasteiger partial charge in [0.05, 0.1) is 14.2 Å². The van der Waals surface area contributed by atoms with E-state index in [-0.39, 0.29) is 12.4 Å². The Kier molecular flexibility index (Phi) is 6.59. The molecule has 0 amide bonds. The minimum absolute atomic E-state index is 0. The van der Waals surface area contributed by atoms with E-state index in [0.29, 0.717) is 12.0 Å². The lowest BCUT2D eigenvalue weighted by molar-refractivity contribution is 0.157. The van der Waals surface area contributed by atoms with Crippen LogP contribution in [0.4, 0.5) is 0 Å². The molecule has 0 bridgehead atoms. The van der Waals surface area contributed by atoms with Gasteiger partial charge in [-0.1, -0.05) is 13.0 Å². The molecule has 2 N–H and O–H groups in total. The fourth-order valence-electron chi connectivity index (χ4n) is 2.63. The Labute approximate surface area is 127 Å². The van der Waals surface area contributed by atoms with Crippen LogP contribution in [0.5, 0.6) is 11.5 Å². The molecule has 2 unspecified atom stereocenters. The molecule has 1 aliphatic heterocycles. The highest BCUT2D eigenvalue weighted by Crippen LogP contribution is 2.28. The van der Waals surface area contributed by atoms with Gasteiger partial charge >= 0.3 is 0 Å². The molecule has 0 spiro atoms. The lowest BCUT2D eigenvalue weighted by atomic mass is 9.94. The van der Waals surface area contributed by atoms with E-state index >= 15 is 0 Å². The fraction of sp³-hybridized carbons (Fsp3) is 0.600. The lowest BCUT2D eigenvalue weighted by Gasteiger charge is -2.35. The molecule has 0 aromatic heterocycles. The first-order valence-electron chi connectivity index (χ1n) is 6.83. The van der Waals surface area contributed by atoms with E-state index in [1.165, 1.54) is 5.56 Å². The van der Waals surface area contributed by atoms with Crippen molar-refractivity contribution in [2.24, 2.45) is 11.7 Å². The third-order valence-corrected chi connectivity index (χ3v) is 3.91. The minimum Gasteiger partial charge on any atom is -0.493 e. The summed E-state index contributed by atoms with van der Waals surface area (Å²) in [6.07, 6.45) is 1.08. The maximum Gasteiger partial charge on any atom is 0.161 e. The summed E-state index contributed by atoms with van der Waals surface area (Å²) in [6, 6.07) is 6.47. The van der Waals surface area contributed by atoms with Gasteiger partial charge in [0.2, 0.25) is 0 Å². The molecule has 2 rings (SSSR count). The Balaban J connectivity index is 0.00000200. The van der Waals surface area contributed by atoms with Crippen LogP contribution in [0, 0.1) is 5.92 Å². The molecular formula is C15H25ClN2O2. The van der Waals surface area contributed by atoms with Crippen LogP contribution in [0.3, 0.4) is 0 Å². The van der Waals surface area contributed by atoms with E-state index < -0.39 is 0 Å². The van der Waals surface area contributed by atoms with Crippen molar-refractivity contribution in [3.05, 3.63) is 23.8 Å². The van der Waals surface area contributed by atoms with Crippen molar-refractivity contribution in [2.75, 3.05) is 27.3 Å². The Morgan fingerprint density at radius 1 is 1.25 bits per heavy atom. The van der Waals surface area contributed by atoms with Gasteiger partial charge in [-0.2, -0.15) is 0 Å². The smallest absolute Gasteiger partial charge is 0.161 e. The summed E-state index contributed by atoms with van der Waals surface area (Å²) in [6.45, 7) is 5.30. The van der Waals surface area contributed by atoms with Crippen LogP contribution in [0.25, 0.3) is 0 Å². The number of benzene rings is 1. The van der Waals surface area contributed by atoms with Crippen molar-refractivity contribution in [1.82, 2.24) is 4.90 Å². The Morgan fingerprint density at radius 3 is 2.55 bits per heavy atom. The van der Waals surface area contributed by atoms with Crippen LogP contribution in [-0.4, -0.2) is 38.3 Å². The molecule has 1 heterocycles. The van der Waals surface area contributed by atoms with Gasteiger partial charge in [-0.3, -0.25) is 4.90 Å². The van der Waals surface area contributed by atoms with Gasteiger partial charge in [0.25, 0.3) is 0 Å². The van der Waals surface area contributed by atoms with E-state index in [1.54, 1.807) is 14.2 Å². The molecule has 20 heavy (non-hydrogen) atoms. The number of rotatable bonds is 4. The molecule has 1 saturated heterocycles. The third kappa shape index (κ3) is 4.01. The second-order valence-electron chi connectivity index (χ2n) is 5.35. The topological polar surface area (TPSA) is 47.7 Å². The first-order valence-corrected chi connectivity index (χ1v) is 6.83. The zero-order valence-corrected chi connectivity index (χ0v) is 13.3. The van der Waals surface area contributed by atoms with Crippen LogP contribution in [-0.2, 0) is 6.54 Å². The average molecular weight is 301 g/mol. The zero-order valence-electron chi connectivity index (χ0n) is 12.5. The molecule has 114 valence electrons. The minimum atomic E-state index is 0. The van der Waals surface area contributed by atoms with E-state index in [4.69, 9.17) is 15.2 Å². The summed E-state index contributed by atoms with van der Waals surface area (Å²) in [5.41, 5.74) is 7.30. The number of halogens is 1. The normalized spacial score (nSPS) is 23.0. The SMILES string of the molecule is COc1ccc(CN2CCC(N)C(C)C2)cc1OC.Cl. The van der Waals surface area contributed by atoms with Crippen molar-refractivity contribution >= 4 is 12.4 Å². The number of ether oxygens (including phenoxy) is 2. The molecule has 4 nitrogen and oxygen atoms in total. The number of methoxy groups -OCH3 is 2. The highest BCUT2D eigenvalue weighted by molar-refractivity contribution is 5.85. The van der Waals surface area contributed by atoms with Crippen LogP contribution < -0.4 is 15.2 Å². The van der Waals surface area contributed by atoms with E-state index in [1.807, 2.05) is 6.07 Å². The molecule has 2 atom stereocenters. The van der Waals surface area contributed by atoms with E-state index in [0.717, 1.165) is 37.6 Å². The van der Waals surface area contributed by atoms with Crippen LogP contribution in [0.2, 0.25) is 0 Å². The summed E-state index contributed by atoms with van der Waals surface area (Å²) < 4.78 is 10.6. The van der Waals surface area contributed by atoms with Gasteiger partial charge in [0.1, 0.15) is 0 Å². The first kappa shape index (κ1) is 17.1. The maximum absolute atomic E-state index is 6.05. The Morgan fingerprint density at radius 2 is 1.95 bits per heavy atom. The standard InChI is InChI=1S/C15H24N2O2.ClH/c1-11-9-17(7-6-13(11)16)10-12-4-5-14(18-2)15(8-12)19-3;/h4-5,8,11,13H,6-7,9-10,16H2,1-3H3;1H. The van der Waals surface area contributed by atoms with E-state index in [2.05, 4.69) is 24.0 Å². The quantitative estimate of drug-likeness (QED) is 0.927. The molecule has 1 aromatic rings. The average Bonchev–Trinajstić information content (AvgIpc) is 2.43. The second kappa shape index (κ2) is 7.72. The molecular weight excluding hydrogens is 276 g/mol. The molecule has 5 heteroatoms. The number of nitrogens with two attached hydrogens (primary N) is 1. The number of nitrogens with zero attached hydrogens (tertiary/aromatic N) is 1. The molecule has 1 fully saturated rings. The van der Waals surface area contributed by atoms with Gasteiger partial charge in [0.15, 0.2) is 11.5 Å². The van der Waals surface area contributed by atoms with Crippen molar-refractivity contribution < 1.29 is 9.47 Å². The zero-order chi connectivity index (χ0) is 13.8. The Bertz CT molecular complexity index is 428. The highest BCUT2D eigenvalue weighted by Gasteiger charge is 2.23. The predicted octanol–water partition coefficient (Wildman–Crippen LogP) is 2.29. The summed E-state index contributed by atoms with van der Waals surface area (Å²) in [5.74, 6) is 2.14. The molecule has 0 saturated carbocycles. The van der Waals surface area contributed by atoms with Crippen LogP contribution in [0.1, 0.15) is 18.9 Å². The van der Waals surface area contributed by atoms with Crippen molar-refractivity contribution in [1.29, 1.82) is 0 Å². The molecule has 1 aliphatic rings. The van der Waals surface area contributed by atoms with Gasteiger partial charge in [0, 0.05) is 19.1 Å². The van der Waals surface area contributed by atoms with Crippen molar-refractivity contribution in [3.8, 4) is 11.5 Å².